The molecule has 5 nitrogen and oxygen atoms in total. The van der Waals surface area contributed by atoms with E-state index in [4.69, 9.17) is 11.6 Å². The number of imide groups is 1. The van der Waals surface area contributed by atoms with Gasteiger partial charge in [-0.3, -0.25) is 9.69 Å². The highest BCUT2D eigenvalue weighted by atomic mass is 79.9. The predicted octanol–water partition coefficient (Wildman–Crippen LogP) is 4.99. The molecule has 4 rings (SSSR count). The topological polar surface area (TPSA) is 54.3 Å². The van der Waals surface area contributed by atoms with Crippen molar-refractivity contribution in [2.75, 3.05) is 0 Å². The largest absolute Gasteiger partial charge is 0.329 e. The highest BCUT2D eigenvalue weighted by molar-refractivity contribution is 9.10. The molecule has 0 aliphatic carbocycles. The number of urea groups is 1. The molecule has 1 N–H and O–H groups in total. The zero-order chi connectivity index (χ0) is 19.7. The molecule has 1 aliphatic rings. The Morgan fingerprint density at radius 3 is 2.57 bits per heavy atom. The summed E-state index contributed by atoms with van der Waals surface area (Å²) in [6.07, 6.45) is 3.59. The summed E-state index contributed by atoms with van der Waals surface area (Å²) < 4.78 is 2.90. The van der Waals surface area contributed by atoms with Gasteiger partial charge in [0.05, 0.1) is 6.54 Å². The summed E-state index contributed by atoms with van der Waals surface area (Å²) in [5.74, 6) is -0.359. The van der Waals surface area contributed by atoms with Crippen LogP contribution in [0, 0.1) is 0 Å². The van der Waals surface area contributed by atoms with E-state index in [1.807, 2.05) is 47.2 Å². The number of nitrogens with zero attached hydrogens (tertiary/aromatic N) is 2. The summed E-state index contributed by atoms with van der Waals surface area (Å²) in [5, 5.41) is 3.27. The fraction of sp³-hybridized carbons (Fsp3) is 0.0476. The third-order valence-corrected chi connectivity index (χ3v) is 5.12. The van der Waals surface area contributed by atoms with Gasteiger partial charge in [-0.2, -0.15) is 0 Å². The lowest BCUT2D eigenvalue weighted by atomic mass is 10.2. The zero-order valence-corrected chi connectivity index (χ0v) is 16.9. The van der Waals surface area contributed by atoms with Gasteiger partial charge in [0.2, 0.25) is 0 Å². The number of halogens is 2. The number of benzene rings is 2. The predicted molar refractivity (Wildman–Crippen MR) is 112 cm³/mol. The minimum Gasteiger partial charge on any atom is -0.317 e. The van der Waals surface area contributed by atoms with Crippen LogP contribution in [-0.4, -0.2) is 21.4 Å². The van der Waals surface area contributed by atoms with Crippen molar-refractivity contribution in [2.45, 2.75) is 6.54 Å². The van der Waals surface area contributed by atoms with E-state index in [1.165, 1.54) is 4.90 Å². The van der Waals surface area contributed by atoms with Gasteiger partial charge in [0.15, 0.2) is 0 Å². The summed E-state index contributed by atoms with van der Waals surface area (Å²) in [6.45, 7) is 0.186. The number of aromatic nitrogens is 1. The Morgan fingerprint density at radius 2 is 1.82 bits per heavy atom. The molecule has 1 aliphatic heterocycles. The molecule has 140 valence electrons. The Kier molecular flexibility index (Phi) is 5.07. The number of hydrogen-bond acceptors (Lipinski definition) is 2. The molecule has 3 aromatic rings. The van der Waals surface area contributed by atoms with Crippen LogP contribution in [0.2, 0.25) is 5.02 Å². The molecule has 0 atom stereocenters. The van der Waals surface area contributed by atoms with Gasteiger partial charge in [-0.25, -0.2) is 4.79 Å². The van der Waals surface area contributed by atoms with Crippen molar-refractivity contribution < 1.29 is 9.59 Å². The minimum absolute atomic E-state index is 0.186. The average Bonchev–Trinajstić information content (AvgIpc) is 3.24. The minimum atomic E-state index is -0.438. The van der Waals surface area contributed by atoms with Crippen LogP contribution in [0.25, 0.3) is 11.8 Å². The number of hydrogen-bond donors (Lipinski definition) is 1. The number of carbonyl (C=O) groups is 2. The van der Waals surface area contributed by atoms with Gasteiger partial charge in [-0.1, -0.05) is 45.7 Å². The first-order valence-electron chi connectivity index (χ1n) is 8.53. The van der Waals surface area contributed by atoms with Crippen LogP contribution >= 0.6 is 27.5 Å². The van der Waals surface area contributed by atoms with Gasteiger partial charge in [-0.05, 0) is 54.1 Å². The molecule has 0 unspecified atom stereocenters. The van der Waals surface area contributed by atoms with E-state index >= 15 is 0 Å². The van der Waals surface area contributed by atoms with Crippen LogP contribution in [0.3, 0.4) is 0 Å². The fourth-order valence-corrected chi connectivity index (χ4v) is 3.52. The highest BCUT2D eigenvalue weighted by Crippen LogP contribution is 2.22. The summed E-state index contributed by atoms with van der Waals surface area (Å²) >= 11 is 9.36. The van der Waals surface area contributed by atoms with E-state index in [1.54, 1.807) is 30.3 Å². The molecule has 0 bridgehead atoms. The van der Waals surface area contributed by atoms with Crippen LogP contribution in [0.15, 0.2) is 77.0 Å². The second-order valence-electron chi connectivity index (χ2n) is 6.29. The van der Waals surface area contributed by atoms with Crippen molar-refractivity contribution in [3.63, 3.8) is 0 Å². The Bertz CT molecular complexity index is 1090. The molecule has 2 aromatic carbocycles. The second-order valence-corrected chi connectivity index (χ2v) is 7.64. The lowest BCUT2D eigenvalue weighted by molar-refractivity contribution is -0.123. The standard InChI is InChI=1S/C21H15BrClN3O2/c22-15-3-1-4-17(11-15)25-10-2-5-18(25)12-19-20(27)26(21(28)24-19)13-14-6-8-16(23)9-7-14/h1-12H,13H2,(H,24,28)/b19-12-. The summed E-state index contributed by atoms with van der Waals surface area (Å²) in [4.78, 5) is 26.2. The molecule has 0 spiro atoms. The molecule has 1 fully saturated rings. The number of carbonyl (C=O) groups excluding carboxylic acids is 2. The molecular formula is C21H15BrClN3O2. The zero-order valence-electron chi connectivity index (χ0n) is 14.6. The summed E-state index contributed by atoms with van der Waals surface area (Å²) in [6, 6.07) is 18.2. The third-order valence-electron chi connectivity index (χ3n) is 4.38. The Balaban J connectivity index is 1.60. The number of rotatable bonds is 4. The Morgan fingerprint density at radius 1 is 1.04 bits per heavy atom. The normalized spacial score (nSPS) is 15.4. The van der Waals surface area contributed by atoms with Gasteiger partial charge < -0.3 is 9.88 Å². The van der Waals surface area contributed by atoms with E-state index in [0.29, 0.717) is 5.02 Å². The Hall–Kier alpha value is -2.83. The van der Waals surface area contributed by atoms with Crippen LogP contribution < -0.4 is 5.32 Å². The van der Waals surface area contributed by atoms with Gasteiger partial charge >= 0.3 is 6.03 Å². The first-order chi connectivity index (χ1) is 13.5. The second kappa shape index (κ2) is 7.66. The lowest BCUT2D eigenvalue weighted by Crippen LogP contribution is -2.30. The first kappa shape index (κ1) is 18.5. The van der Waals surface area contributed by atoms with Gasteiger partial charge in [-0.15, -0.1) is 0 Å². The molecule has 0 radical (unpaired) electrons. The molecular weight excluding hydrogens is 442 g/mol. The van der Waals surface area contributed by atoms with Crippen molar-refractivity contribution in [2.24, 2.45) is 0 Å². The molecule has 3 amide bonds. The van der Waals surface area contributed by atoms with Gasteiger partial charge in [0, 0.05) is 27.1 Å². The fourth-order valence-electron chi connectivity index (χ4n) is 3.01. The maximum absolute atomic E-state index is 12.7. The SMILES string of the molecule is O=C1N/C(=C\c2cccn2-c2cccc(Br)c2)C(=O)N1Cc1ccc(Cl)cc1. The van der Waals surface area contributed by atoms with Gasteiger partial charge in [0.1, 0.15) is 5.70 Å². The first-order valence-corrected chi connectivity index (χ1v) is 9.71. The van der Waals surface area contributed by atoms with Crippen molar-refractivity contribution >= 4 is 45.5 Å². The van der Waals surface area contributed by atoms with Crippen LogP contribution in [0.4, 0.5) is 4.79 Å². The number of nitrogens with one attached hydrogen (secondary N) is 1. The van der Waals surface area contributed by atoms with E-state index in [9.17, 15) is 9.59 Å². The highest BCUT2D eigenvalue weighted by Gasteiger charge is 2.33. The molecule has 1 saturated heterocycles. The van der Waals surface area contributed by atoms with Crippen LogP contribution in [-0.2, 0) is 11.3 Å². The molecule has 2 heterocycles. The summed E-state index contributed by atoms with van der Waals surface area (Å²) in [5.41, 5.74) is 2.80. The number of amides is 3. The van der Waals surface area contributed by atoms with E-state index < -0.39 is 6.03 Å². The molecule has 0 saturated carbocycles. The monoisotopic (exact) mass is 455 g/mol. The molecule has 7 heteroatoms. The average molecular weight is 457 g/mol. The van der Waals surface area contributed by atoms with Crippen LogP contribution in [0.1, 0.15) is 11.3 Å². The quantitative estimate of drug-likeness (QED) is 0.444. The smallest absolute Gasteiger partial charge is 0.317 e. The van der Waals surface area contributed by atoms with Crippen molar-refractivity contribution in [3.8, 4) is 5.69 Å². The van der Waals surface area contributed by atoms with Crippen molar-refractivity contribution in [1.29, 1.82) is 0 Å². The van der Waals surface area contributed by atoms with Crippen molar-refractivity contribution in [3.05, 3.63) is 93.3 Å². The van der Waals surface area contributed by atoms with Gasteiger partial charge in [0.25, 0.3) is 5.91 Å². The molecule has 28 heavy (non-hydrogen) atoms. The van der Waals surface area contributed by atoms with E-state index in [2.05, 4.69) is 21.2 Å². The Labute approximate surface area is 175 Å². The lowest BCUT2D eigenvalue weighted by Gasteiger charge is -2.11. The summed E-state index contributed by atoms with van der Waals surface area (Å²) in [7, 11) is 0. The van der Waals surface area contributed by atoms with E-state index in [-0.39, 0.29) is 18.1 Å². The maximum atomic E-state index is 12.7. The van der Waals surface area contributed by atoms with Crippen LogP contribution in [0.5, 0.6) is 0 Å². The van der Waals surface area contributed by atoms with Crippen molar-refractivity contribution in [1.82, 2.24) is 14.8 Å². The van der Waals surface area contributed by atoms with E-state index in [0.717, 1.165) is 21.4 Å². The maximum Gasteiger partial charge on any atom is 0.329 e. The third kappa shape index (κ3) is 3.74. The molecule has 1 aromatic heterocycles.